The Morgan fingerprint density at radius 3 is 3.00 bits per heavy atom. The number of hydrogen-bond acceptors (Lipinski definition) is 3. The highest BCUT2D eigenvalue weighted by Crippen LogP contribution is 2.26. The van der Waals surface area contributed by atoms with E-state index in [1.165, 1.54) is 5.56 Å². The quantitative estimate of drug-likeness (QED) is 0.697. The minimum absolute atomic E-state index is 0.244. The number of thioether (sulfide) groups is 1. The van der Waals surface area contributed by atoms with Crippen LogP contribution < -0.4 is 5.56 Å². The van der Waals surface area contributed by atoms with Gasteiger partial charge in [0.1, 0.15) is 11.6 Å². The molecule has 0 aliphatic carbocycles. The fraction of sp³-hybridized carbons (Fsp3) is 0.400. The maximum atomic E-state index is 11.5. The molecule has 0 saturated carbocycles. The van der Waals surface area contributed by atoms with Crippen LogP contribution in [0.3, 0.4) is 0 Å². The number of nitrogens with one attached hydrogen (secondary N) is 1. The zero-order chi connectivity index (χ0) is 10.1. The number of aromatic amines is 1. The van der Waals surface area contributed by atoms with Crippen molar-refractivity contribution in [1.29, 1.82) is 5.26 Å². The minimum atomic E-state index is -0.244. The van der Waals surface area contributed by atoms with Gasteiger partial charge in [0.05, 0.1) is 0 Å². The molecule has 0 atom stereocenters. The van der Waals surface area contributed by atoms with Crippen LogP contribution >= 0.6 is 11.8 Å². The van der Waals surface area contributed by atoms with E-state index in [1.54, 1.807) is 11.8 Å². The zero-order valence-electron chi connectivity index (χ0n) is 7.89. The summed E-state index contributed by atoms with van der Waals surface area (Å²) in [5, 5.41) is 8.89. The molecule has 14 heavy (non-hydrogen) atoms. The van der Waals surface area contributed by atoms with E-state index in [0.29, 0.717) is 5.56 Å². The van der Waals surface area contributed by atoms with Crippen molar-refractivity contribution in [3.05, 3.63) is 32.7 Å². The lowest BCUT2D eigenvalue weighted by atomic mass is 10.0. The maximum absolute atomic E-state index is 11.5. The van der Waals surface area contributed by atoms with Crippen LogP contribution in [0.4, 0.5) is 0 Å². The second kappa shape index (κ2) is 3.50. The normalized spacial score (nSPS) is 14.6. The molecule has 0 saturated heterocycles. The number of nitriles is 1. The summed E-state index contributed by atoms with van der Waals surface area (Å²) in [6.45, 7) is 1.90. The van der Waals surface area contributed by atoms with Crippen LogP contribution in [0.1, 0.15) is 22.4 Å². The van der Waals surface area contributed by atoms with E-state index in [-0.39, 0.29) is 5.56 Å². The first-order chi connectivity index (χ1) is 6.74. The Kier molecular flexibility index (Phi) is 2.34. The summed E-state index contributed by atoms with van der Waals surface area (Å²) in [7, 11) is 0. The Balaban J connectivity index is 2.75. The first-order valence-corrected chi connectivity index (χ1v) is 5.62. The predicted molar refractivity (Wildman–Crippen MR) is 56.4 cm³/mol. The summed E-state index contributed by atoms with van der Waals surface area (Å²) in [5.41, 5.74) is 3.10. The number of aromatic nitrogens is 1. The van der Waals surface area contributed by atoms with Gasteiger partial charge in [0.25, 0.3) is 5.56 Å². The van der Waals surface area contributed by atoms with E-state index in [0.717, 1.165) is 29.2 Å². The fourth-order valence-electron chi connectivity index (χ4n) is 1.79. The summed E-state index contributed by atoms with van der Waals surface area (Å²) in [5.74, 6) is 1.87. The molecule has 72 valence electrons. The van der Waals surface area contributed by atoms with Gasteiger partial charge in [-0.1, -0.05) is 0 Å². The highest BCUT2D eigenvalue weighted by Gasteiger charge is 2.18. The summed E-state index contributed by atoms with van der Waals surface area (Å²) >= 11 is 1.78. The van der Waals surface area contributed by atoms with E-state index < -0.39 is 0 Å². The first-order valence-electron chi connectivity index (χ1n) is 4.46. The standard InChI is InChI=1S/C10H10N2OS/c1-6-7-2-3-14-5-9(7)8(4-11)10(13)12-6/h2-3,5H2,1H3,(H,12,13). The number of H-pyrrole nitrogens is 1. The first kappa shape index (κ1) is 9.35. The summed E-state index contributed by atoms with van der Waals surface area (Å²) < 4.78 is 0. The van der Waals surface area contributed by atoms with Crippen molar-refractivity contribution in [2.24, 2.45) is 0 Å². The van der Waals surface area contributed by atoms with Crippen LogP contribution in [0.5, 0.6) is 0 Å². The van der Waals surface area contributed by atoms with Crippen LogP contribution in [-0.4, -0.2) is 10.7 Å². The smallest absolute Gasteiger partial charge is 0.266 e. The lowest BCUT2D eigenvalue weighted by Crippen LogP contribution is -2.20. The van der Waals surface area contributed by atoms with E-state index in [9.17, 15) is 4.79 Å². The number of fused-ring (bicyclic) bond motifs is 1. The molecule has 1 aliphatic heterocycles. The van der Waals surface area contributed by atoms with Gasteiger partial charge in [0.15, 0.2) is 0 Å². The number of hydrogen-bond donors (Lipinski definition) is 1. The molecule has 2 heterocycles. The largest absolute Gasteiger partial charge is 0.325 e. The summed E-state index contributed by atoms with van der Waals surface area (Å²) in [4.78, 5) is 14.2. The lowest BCUT2D eigenvalue weighted by molar-refractivity contribution is 0.978. The molecule has 0 aromatic carbocycles. The molecule has 0 bridgehead atoms. The highest BCUT2D eigenvalue weighted by molar-refractivity contribution is 7.98. The molecule has 3 nitrogen and oxygen atoms in total. The van der Waals surface area contributed by atoms with Gasteiger partial charge in [-0.05, 0) is 30.2 Å². The van der Waals surface area contributed by atoms with Gasteiger partial charge in [-0.25, -0.2) is 0 Å². The molecule has 0 spiro atoms. The van der Waals surface area contributed by atoms with Crippen LogP contribution in [-0.2, 0) is 12.2 Å². The Morgan fingerprint density at radius 1 is 1.50 bits per heavy atom. The summed E-state index contributed by atoms with van der Waals surface area (Å²) in [6, 6.07) is 1.99. The molecule has 0 unspecified atom stereocenters. The van der Waals surface area contributed by atoms with E-state index >= 15 is 0 Å². The minimum Gasteiger partial charge on any atom is -0.325 e. The monoisotopic (exact) mass is 206 g/mol. The van der Waals surface area contributed by atoms with Gasteiger partial charge >= 0.3 is 0 Å². The van der Waals surface area contributed by atoms with E-state index in [4.69, 9.17) is 5.26 Å². The second-order valence-corrected chi connectivity index (χ2v) is 4.43. The third-order valence-electron chi connectivity index (χ3n) is 2.50. The average Bonchev–Trinajstić information content (AvgIpc) is 2.18. The highest BCUT2D eigenvalue weighted by atomic mass is 32.2. The number of pyridine rings is 1. The van der Waals surface area contributed by atoms with Crippen molar-refractivity contribution in [2.75, 3.05) is 5.75 Å². The van der Waals surface area contributed by atoms with Crippen molar-refractivity contribution in [1.82, 2.24) is 4.98 Å². The molecule has 1 aliphatic rings. The van der Waals surface area contributed by atoms with Gasteiger partial charge in [-0.15, -0.1) is 0 Å². The van der Waals surface area contributed by atoms with Crippen LogP contribution in [0, 0.1) is 18.3 Å². The van der Waals surface area contributed by atoms with Crippen molar-refractivity contribution < 1.29 is 0 Å². The number of nitrogens with zero attached hydrogens (tertiary/aromatic N) is 1. The van der Waals surface area contributed by atoms with E-state index in [1.807, 2.05) is 13.0 Å². The predicted octanol–water partition coefficient (Wildman–Crippen LogP) is 1.34. The van der Waals surface area contributed by atoms with Crippen LogP contribution in [0.15, 0.2) is 4.79 Å². The van der Waals surface area contributed by atoms with Gasteiger partial charge in [-0.3, -0.25) is 4.79 Å². The Morgan fingerprint density at radius 2 is 2.29 bits per heavy atom. The van der Waals surface area contributed by atoms with Gasteiger partial charge < -0.3 is 4.98 Å². The van der Waals surface area contributed by atoms with Crippen molar-refractivity contribution >= 4 is 11.8 Å². The topological polar surface area (TPSA) is 56.6 Å². The molecule has 4 heteroatoms. The second-order valence-electron chi connectivity index (χ2n) is 3.33. The third kappa shape index (κ3) is 1.34. The Labute approximate surface area is 86.1 Å². The Bertz CT molecular complexity index is 470. The van der Waals surface area contributed by atoms with Crippen LogP contribution in [0.25, 0.3) is 0 Å². The van der Waals surface area contributed by atoms with Crippen molar-refractivity contribution in [2.45, 2.75) is 19.1 Å². The maximum Gasteiger partial charge on any atom is 0.266 e. The lowest BCUT2D eigenvalue weighted by Gasteiger charge is -2.17. The molecule has 0 amide bonds. The van der Waals surface area contributed by atoms with Gasteiger partial charge in [0.2, 0.25) is 0 Å². The molecular formula is C10H10N2OS. The Hall–Kier alpha value is -1.21. The molecule has 0 radical (unpaired) electrons. The molecule has 1 aromatic heterocycles. The molecule has 0 fully saturated rings. The number of aryl methyl sites for hydroxylation is 1. The number of rotatable bonds is 0. The van der Waals surface area contributed by atoms with Crippen molar-refractivity contribution in [3.63, 3.8) is 0 Å². The van der Waals surface area contributed by atoms with Crippen LogP contribution in [0.2, 0.25) is 0 Å². The molecule has 1 aromatic rings. The molecule has 1 N–H and O–H groups in total. The average molecular weight is 206 g/mol. The summed E-state index contributed by atoms with van der Waals surface area (Å²) in [6.07, 6.45) is 0.956. The SMILES string of the molecule is Cc1[nH]c(=O)c(C#N)c2c1CCSC2. The molecule has 2 rings (SSSR count). The fourth-order valence-corrected chi connectivity index (χ4v) is 2.80. The zero-order valence-corrected chi connectivity index (χ0v) is 8.70. The van der Waals surface area contributed by atoms with Gasteiger partial charge in [0, 0.05) is 11.4 Å². The van der Waals surface area contributed by atoms with E-state index in [2.05, 4.69) is 4.98 Å². The van der Waals surface area contributed by atoms with Crippen molar-refractivity contribution in [3.8, 4) is 6.07 Å². The van der Waals surface area contributed by atoms with Gasteiger partial charge in [-0.2, -0.15) is 17.0 Å². The molecular weight excluding hydrogens is 196 g/mol. The third-order valence-corrected chi connectivity index (χ3v) is 3.49.